The Kier molecular flexibility index (Phi) is 6.55. The molecule has 1 spiro atoms. The van der Waals surface area contributed by atoms with E-state index in [2.05, 4.69) is 74.0 Å². The Balaban J connectivity index is 1.54. The quantitative estimate of drug-likeness (QED) is 0.194. The lowest BCUT2D eigenvalue weighted by Crippen LogP contribution is -2.43. The molecule has 202 valence electrons. The van der Waals surface area contributed by atoms with Gasteiger partial charge in [-0.2, -0.15) is 0 Å². The number of rotatable bonds is 5. The van der Waals surface area contributed by atoms with Crippen LogP contribution in [-0.2, 0) is 17.6 Å². The van der Waals surface area contributed by atoms with Crippen LogP contribution in [0.2, 0.25) is 0 Å². The van der Waals surface area contributed by atoms with Gasteiger partial charge in [0.2, 0.25) is 5.78 Å². The van der Waals surface area contributed by atoms with Crippen LogP contribution in [0, 0.1) is 0 Å². The van der Waals surface area contributed by atoms with E-state index in [0.717, 1.165) is 64.3 Å². The number of benzene rings is 3. The maximum absolute atomic E-state index is 14.8. The van der Waals surface area contributed by atoms with E-state index in [4.69, 9.17) is 9.84 Å². The molecular formula is C32H29BrN4O2S. The van der Waals surface area contributed by atoms with E-state index in [1.54, 1.807) is 23.4 Å². The highest BCUT2D eigenvalue weighted by Crippen LogP contribution is 2.50. The van der Waals surface area contributed by atoms with Crippen molar-refractivity contribution >= 4 is 33.5 Å². The van der Waals surface area contributed by atoms with Crippen molar-refractivity contribution < 1.29 is 4.74 Å². The first kappa shape index (κ1) is 25.6. The molecule has 7 rings (SSSR count). The fourth-order valence-corrected chi connectivity index (χ4v) is 7.77. The van der Waals surface area contributed by atoms with Crippen molar-refractivity contribution in [3.8, 4) is 22.7 Å². The normalized spacial score (nSPS) is 15.7. The van der Waals surface area contributed by atoms with Crippen LogP contribution in [-0.4, -0.2) is 26.3 Å². The highest BCUT2D eigenvalue weighted by Gasteiger charge is 2.44. The first-order valence-corrected chi connectivity index (χ1v) is 15.5. The molecular weight excluding hydrogens is 584 g/mol. The van der Waals surface area contributed by atoms with Gasteiger partial charge in [-0.3, -0.25) is 9.20 Å². The number of hydrogen-bond donors (Lipinski definition) is 0. The predicted octanol–water partition coefficient (Wildman–Crippen LogP) is 7.37. The minimum absolute atomic E-state index is 0.0136. The topological polar surface area (TPSA) is 61.4 Å². The fourth-order valence-electron chi connectivity index (χ4n) is 6.62. The van der Waals surface area contributed by atoms with E-state index in [0.29, 0.717) is 17.2 Å². The van der Waals surface area contributed by atoms with Gasteiger partial charge in [-0.15, -0.1) is 10.2 Å². The Morgan fingerprint density at radius 1 is 0.950 bits per heavy atom. The van der Waals surface area contributed by atoms with E-state index in [-0.39, 0.29) is 11.0 Å². The van der Waals surface area contributed by atoms with Gasteiger partial charge in [-0.05, 0) is 54.7 Å². The van der Waals surface area contributed by atoms with Gasteiger partial charge in [-0.25, -0.2) is 4.57 Å². The molecule has 3 aromatic carbocycles. The summed E-state index contributed by atoms with van der Waals surface area (Å²) in [6, 6.07) is 24.6. The molecule has 0 amide bonds. The first-order valence-electron chi connectivity index (χ1n) is 13.7. The molecule has 1 saturated carbocycles. The molecule has 2 aliphatic rings. The maximum atomic E-state index is 14.8. The molecule has 0 radical (unpaired) electrons. The maximum Gasteiger partial charge on any atom is 0.264 e. The van der Waals surface area contributed by atoms with E-state index >= 15 is 0 Å². The monoisotopic (exact) mass is 612 g/mol. The summed E-state index contributed by atoms with van der Waals surface area (Å²) in [4.78, 5) is 14.8. The third-order valence-electron chi connectivity index (χ3n) is 8.44. The van der Waals surface area contributed by atoms with Crippen LogP contribution < -0.4 is 10.3 Å². The molecule has 6 nitrogen and oxygen atoms in total. The Bertz CT molecular complexity index is 1790. The van der Waals surface area contributed by atoms with Crippen molar-refractivity contribution in [1.82, 2.24) is 19.2 Å². The molecule has 2 aromatic heterocycles. The molecule has 2 aliphatic carbocycles. The summed E-state index contributed by atoms with van der Waals surface area (Å²) in [5.41, 5.74) is 5.91. The standard InChI is InChI=1S/C32H29BrN4O2S/c1-39-26-12-6-5-11-25(26)36-29(38)27-28(24-10-4-3-9-22(24)19-32(27)17-7-2-8-18-32)37-30(36)34-35-31(37)40-20-21-13-15-23(33)16-14-21/h3-6,9-16H,2,7-8,17-20H2,1H3. The summed E-state index contributed by atoms with van der Waals surface area (Å²) < 4.78 is 10.7. The summed E-state index contributed by atoms with van der Waals surface area (Å²) in [6.45, 7) is 0. The molecule has 2 heterocycles. The minimum atomic E-state index is -0.213. The Hall–Kier alpha value is -3.36. The zero-order valence-electron chi connectivity index (χ0n) is 22.3. The van der Waals surface area contributed by atoms with Gasteiger partial charge >= 0.3 is 0 Å². The number of aromatic nitrogens is 4. The van der Waals surface area contributed by atoms with Gasteiger partial charge in [0.05, 0.1) is 18.5 Å². The first-order chi connectivity index (χ1) is 19.6. The molecule has 40 heavy (non-hydrogen) atoms. The van der Waals surface area contributed by atoms with Gasteiger partial charge in [-0.1, -0.05) is 95.5 Å². The minimum Gasteiger partial charge on any atom is -0.495 e. The van der Waals surface area contributed by atoms with Gasteiger partial charge in [0.25, 0.3) is 5.56 Å². The van der Waals surface area contributed by atoms with Crippen LogP contribution in [0.1, 0.15) is 48.8 Å². The Labute approximate surface area is 245 Å². The van der Waals surface area contributed by atoms with Gasteiger partial charge in [0.1, 0.15) is 5.75 Å². The van der Waals surface area contributed by atoms with E-state index in [9.17, 15) is 4.79 Å². The van der Waals surface area contributed by atoms with Crippen molar-refractivity contribution in [2.75, 3.05) is 7.11 Å². The average Bonchev–Trinajstić information content (AvgIpc) is 3.40. The molecule has 0 atom stereocenters. The van der Waals surface area contributed by atoms with E-state index < -0.39 is 0 Å². The lowest BCUT2D eigenvalue weighted by atomic mass is 9.62. The number of halogens is 1. The fraction of sp³-hybridized carbons (Fsp3) is 0.281. The Morgan fingerprint density at radius 3 is 2.50 bits per heavy atom. The summed E-state index contributed by atoms with van der Waals surface area (Å²) in [5, 5.41) is 10.1. The SMILES string of the molecule is COc1ccccc1-n1c(=O)c2c(n3c(SCc4ccc(Br)cc4)nnc13)-c1ccccc1CC21CCCCC1. The molecule has 0 N–H and O–H groups in total. The smallest absolute Gasteiger partial charge is 0.264 e. The lowest BCUT2D eigenvalue weighted by Gasteiger charge is -2.42. The molecule has 0 saturated heterocycles. The average molecular weight is 614 g/mol. The summed E-state index contributed by atoms with van der Waals surface area (Å²) >= 11 is 5.18. The molecule has 1 fully saturated rings. The van der Waals surface area contributed by atoms with Crippen LogP contribution in [0.4, 0.5) is 0 Å². The number of thioether (sulfide) groups is 1. The summed E-state index contributed by atoms with van der Waals surface area (Å²) in [5.74, 6) is 1.88. The number of fused-ring (bicyclic) bond motifs is 6. The largest absolute Gasteiger partial charge is 0.495 e. The number of hydrogen-bond acceptors (Lipinski definition) is 5. The zero-order chi connectivity index (χ0) is 27.3. The predicted molar refractivity (Wildman–Crippen MR) is 163 cm³/mol. The van der Waals surface area contributed by atoms with E-state index in [1.165, 1.54) is 17.5 Å². The molecule has 0 aliphatic heterocycles. The van der Waals surface area contributed by atoms with Crippen LogP contribution >= 0.6 is 27.7 Å². The molecule has 5 aromatic rings. The van der Waals surface area contributed by atoms with Crippen LogP contribution in [0.15, 0.2) is 87.2 Å². The van der Waals surface area contributed by atoms with Crippen LogP contribution in [0.25, 0.3) is 22.7 Å². The highest BCUT2D eigenvalue weighted by molar-refractivity contribution is 9.10. The van der Waals surface area contributed by atoms with Crippen molar-refractivity contribution in [2.24, 2.45) is 0 Å². The van der Waals surface area contributed by atoms with Crippen molar-refractivity contribution in [3.05, 3.63) is 104 Å². The zero-order valence-corrected chi connectivity index (χ0v) is 24.7. The lowest BCUT2D eigenvalue weighted by molar-refractivity contribution is 0.284. The second kappa shape index (κ2) is 10.2. The molecule has 0 unspecified atom stereocenters. The number of ether oxygens (including phenoxy) is 1. The molecule has 0 bridgehead atoms. The number of para-hydroxylation sites is 2. The highest BCUT2D eigenvalue weighted by atomic mass is 79.9. The Morgan fingerprint density at radius 2 is 1.70 bits per heavy atom. The molecule has 8 heteroatoms. The summed E-state index contributed by atoms with van der Waals surface area (Å²) in [7, 11) is 1.64. The van der Waals surface area contributed by atoms with Crippen molar-refractivity contribution in [2.45, 2.75) is 54.8 Å². The van der Waals surface area contributed by atoms with Gasteiger partial charge < -0.3 is 4.74 Å². The second-order valence-electron chi connectivity index (χ2n) is 10.7. The van der Waals surface area contributed by atoms with E-state index in [1.807, 2.05) is 24.3 Å². The second-order valence-corrected chi connectivity index (χ2v) is 12.6. The number of methoxy groups -OCH3 is 1. The van der Waals surface area contributed by atoms with Crippen LogP contribution in [0.3, 0.4) is 0 Å². The third kappa shape index (κ3) is 4.11. The van der Waals surface area contributed by atoms with Crippen LogP contribution in [0.5, 0.6) is 5.75 Å². The van der Waals surface area contributed by atoms with Gasteiger partial charge in [0.15, 0.2) is 5.16 Å². The van der Waals surface area contributed by atoms with Crippen molar-refractivity contribution in [1.29, 1.82) is 0 Å². The van der Waals surface area contributed by atoms with Crippen molar-refractivity contribution in [3.63, 3.8) is 0 Å². The van der Waals surface area contributed by atoms with Gasteiger partial charge in [0, 0.05) is 26.8 Å². The summed E-state index contributed by atoms with van der Waals surface area (Å²) in [6.07, 6.45) is 6.35. The number of nitrogens with zero attached hydrogens (tertiary/aromatic N) is 4. The third-order valence-corrected chi connectivity index (χ3v) is 9.97.